The molecule has 0 fully saturated rings. The van der Waals surface area contributed by atoms with Gasteiger partial charge in [0, 0.05) is 22.6 Å². The number of para-hydroxylation sites is 1. The van der Waals surface area contributed by atoms with E-state index in [4.69, 9.17) is 20.8 Å². The second-order valence-corrected chi connectivity index (χ2v) is 8.14. The topological polar surface area (TPSA) is 82.2 Å². The van der Waals surface area contributed by atoms with Crippen molar-refractivity contribution in [3.8, 4) is 17.3 Å². The first-order valence-corrected chi connectivity index (χ1v) is 11.1. The van der Waals surface area contributed by atoms with Gasteiger partial charge in [-0.2, -0.15) is 0 Å². The molecule has 4 aromatic rings. The quantitative estimate of drug-likeness (QED) is 0.374. The molecule has 1 N–H and O–H groups in total. The Labute approximate surface area is 188 Å². The number of carbonyl (C=O) groups is 1. The van der Waals surface area contributed by atoms with Gasteiger partial charge in [-0.3, -0.25) is 9.36 Å². The third kappa shape index (κ3) is 4.26. The molecule has 31 heavy (non-hydrogen) atoms. The number of benzene rings is 2. The molecule has 2 heterocycles. The third-order valence-electron chi connectivity index (χ3n) is 4.86. The number of thioether (sulfide) groups is 1. The Morgan fingerprint density at radius 3 is 2.84 bits per heavy atom. The van der Waals surface area contributed by atoms with Crippen molar-refractivity contribution >= 4 is 45.9 Å². The molecule has 0 saturated carbocycles. The number of carbonyl (C=O) groups excluding carboxylic acids is 1. The zero-order chi connectivity index (χ0) is 22.0. The van der Waals surface area contributed by atoms with E-state index in [1.165, 1.54) is 11.8 Å². The van der Waals surface area contributed by atoms with Crippen LogP contribution < -0.4 is 10.1 Å². The molecule has 2 aromatic carbocycles. The number of aromatic nitrogens is 3. The first-order valence-electron chi connectivity index (χ1n) is 9.69. The zero-order valence-electron chi connectivity index (χ0n) is 17.3. The van der Waals surface area contributed by atoms with Crippen molar-refractivity contribution in [1.82, 2.24) is 14.8 Å². The first-order chi connectivity index (χ1) is 15.0. The lowest BCUT2D eigenvalue weighted by Crippen LogP contribution is -2.15. The minimum Gasteiger partial charge on any atom is -0.493 e. The highest BCUT2D eigenvalue weighted by Crippen LogP contribution is 2.34. The monoisotopic (exact) mass is 456 g/mol. The number of methoxy groups -OCH3 is 1. The number of furan rings is 1. The van der Waals surface area contributed by atoms with E-state index in [-0.39, 0.29) is 11.7 Å². The molecular weight excluding hydrogens is 436 g/mol. The Morgan fingerprint density at radius 2 is 2.06 bits per heavy atom. The van der Waals surface area contributed by atoms with Gasteiger partial charge in [0.2, 0.25) is 11.7 Å². The van der Waals surface area contributed by atoms with Gasteiger partial charge in [0.05, 0.1) is 12.9 Å². The number of nitrogens with one attached hydrogen (secondary N) is 1. The van der Waals surface area contributed by atoms with E-state index < -0.39 is 0 Å². The summed E-state index contributed by atoms with van der Waals surface area (Å²) < 4.78 is 13.3. The maximum Gasteiger partial charge on any atom is 0.234 e. The fourth-order valence-electron chi connectivity index (χ4n) is 3.23. The maximum absolute atomic E-state index is 12.4. The van der Waals surface area contributed by atoms with Gasteiger partial charge in [0.25, 0.3) is 0 Å². The van der Waals surface area contributed by atoms with E-state index in [1.54, 1.807) is 19.2 Å². The van der Waals surface area contributed by atoms with Crippen LogP contribution in [0.4, 0.5) is 5.69 Å². The van der Waals surface area contributed by atoms with Crippen molar-refractivity contribution in [3.63, 3.8) is 0 Å². The highest BCUT2D eigenvalue weighted by Gasteiger charge is 2.19. The van der Waals surface area contributed by atoms with Gasteiger partial charge in [-0.1, -0.05) is 41.6 Å². The van der Waals surface area contributed by atoms with Gasteiger partial charge < -0.3 is 14.5 Å². The molecule has 7 nitrogen and oxygen atoms in total. The molecule has 0 bridgehead atoms. The van der Waals surface area contributed by atoms with Crippen molar-refractivity contribution in [2.75, 3.05) is 18.2 Å². The Morgan fingerprint density at radius 1 is 1.26 bits per heavy atom. The highest BCUT2D eigenvalue weighted by molar-refractivity contribution is 7.99. The van der Waals surface area contributed by atoms with Gasteiger partial charge in [-0.15, -0.1) is 10.2 Å². The highest BCUT2D eigenvalue weighted by atomic mass is 35.5. The van der Waals surface area contributed by atoms with Crippen LogP contribution >= 0.6 is 23.4 Å². The van der Waals surface area contributed by atoms with E-state index in [9.17, 15) is 4.79 Å². The Balaban J connectivity index is 1.52. The van der Waals surface area contributed by atoms with Crippen LogP contribution in [0.25, 0.3) is 22.6 Å². The second-order valence-electron chi connectivity index (χ2n) is 6.79. The molecule has 1 amide bonds. The van der Waals surface area contributed by atoms with Crippen molar-refractivity contribution in [2.45, 2.75) is 25.5 Å². The molecule has 0 aliphatic rings. The molecule has 0 aliphatic heterocycles. The largest absolute Gasteiger partial charge is 0.493 e. The zero-order valence-corrected chi connectivity index (χ0v) is 18.9. The number of hydrogen-bond acceptors (Lipinski definition) is 6. The van der Waals surface area contributed by atoms with Crippen molar-refractivity contribution in [2.24, 2.45) is 0 Å². The summed E-state index contributed by atoms with van der Waals surface area (Å²) >= 11 is 7.44. The average molecular weight is 457 g/mol. The van der Waals surface area contributed by atoms with Crippen molar-refractivity contribution in [1.29, 1.82) is 0 Å². The van der Waals surface area contributed by atoms with E-state index >= 15 is 0 Å². The number of rotatable bonds is 7. The summed E-state index contributed by atoms with van der Waals surface area (Å²) in [5.74, 6) is 1.91. The first kappa shape index (κ1) is 21.3. The lowest BCUT2D eigenvalue weighted by molar-refractivity contribution is -0.113. The predicted octanol–water partition coefficient (Wildman–Crippen LogP) is 5.41. The Hall–Kier alpha value is -2.97. The maximum atomic E-state index is 12.4. The summed E-state index contributed by atoms with van der Waals surface area (Å²) in [5.41, 5.74) is 2.20. The SMILES string of the molecule is CCn1c(SCC(=O)Nc2cccc(Cl)c2C)nnc1-c1cc2cccc(OC)c2o1. The fourth-order valence-corrected chi connectivity index (χ4v) is 4.21. The lowest BCUT2D eigenvalue weighted by atomic mass is 10.2. The summed E-state index contributed by atoms with van der Waals surface area (Å²) in [7, 11) is 1.61. The summed E-state index contributed by atoms with van der Waals surface area (Å²) in [4.78, 5) is 12.4. The van der Waals surface area contributed by atoms with Crippen LogP contribution in [-0.2, 0) is 11.3 Å². The molecule has 160 valence electrons. The number of fused-ring (bicyclic) bond motifs is 1. The van der Waals surface area contributed by atoms with E-state index in [2.05, 4.69) is 15.5 Å². The van der Waals surface area contributed by atoms with Gasteiger partial charge in [0.1, 0.15) is 0 Å². The number of halogens is 1. The normalized spacial score (nSPS) is 11.1. The number of nitrogens with zero attached hydrogens (tertiary/aromatic N) is 3. The minimum atomic E-state index is -0.143. The molecular formula is C22H21ClN4O3S. The summed E-state index contributed by atoms with van der Waals surface area (Å²) in [5, 5.41) is 13.6. The lowest BCUT2D eigenvalue weighted by Gasteiger charge is -2.09. The molecule has 0 radical (unpaired) electrons. The molecule has 4 rings (SSSR count). The third-order valence-corrected chi connectivity index (χ3v) is 6.23. The average Bonchev–Trinajstić information content (AvgIpc) is 3.38. The molecule has 9 heteroatoms. The van der Waals surface area contributed by atoms with Gasteiger partial charge in [-0.25, -0.2) is 0 Å². The van der Waals surface area contributed by atoms with Crippen LogP contribution in [0.3, 0.4) is 0 Å². The summed E-state index contributed by atoms with van der Waals surface area (Å²) in [6, 6.07) is 13.0. The molecule has 0 unspecified atom stereocenters. The summed E-state index contributed by atoms with van der Waals surface area (Å²) in [6.07, 6.45) is 0. The van der Waals surface area contributed by atoms with Gasteiger partial charge >= 0.3 is 0 Å². The standard InChI is InChI=1S/C22H21ClN4O3S/c1-4-27-21(18-11-14-7-5-10-17(29-3)20(14)30-18)25-26-22(27)31-12-19(28)24-16-9-6-8-15(23)13(16)2/h5-11H,4,12H2,1-3H3,(H,24,28). The van der Waals surface area contributed by atoms with Crippen molar-refractivity contribution < 1.29 is 13.9 Å². The fraction of sp³-hybridized carbons (Fsp3) is 0.227. The van der Waals surface area contributed by atoms with Gasteiger partial charge in [0.15, 0.2) is 22.2 Å². The van der Waals surface area contributed by atoms with Crippen LogP contribution in [0.2, 0.25) is 5.02 Å². The van der Waals surface area contributed by atoms with Crippen LogP contribution in [0.15, 0.2) is 52.0 Å². The van der Waals surface area contributed by atoms with Crippen LogP contribution in [0, 0.1) is 6.92 Å². The minimum absolute atomic E-state index is 0.143. The van der Waals surface area contributed by atoms with E-state index in [1.807, 2.05) is 48.7 Å². The summed E-state index contributed by atoms with van der Waals surface area (Å²) in [6.45, 7) is 4.50. The molecule has 0 spiro atoms. The molecule has 2 aromatic heterocycles. The smallest absolute Gasteiger partial charge is 0.234 e. The van der Waals surface area contributed by atoms with Crippen LogP contribution in [0.5, 0.6) is 5.75 Å². The molecule has 0 atom stereocenters. The number of anilines is 1. The van der Waals surface area contributed by atoms with Crippen molar-refractivity contribution in [3.05, 3.63) is 53.1 Å². The number of ether oxygens (including phenoxy) is 1. The van der Waals surface area contributed by atoms with E-state index in [0.29, 0.717) is 45.3 Å². The molecule has 0 saturated heterocycles. The molecule has 0 aliphatic carbocycles. The number of amides is 1. The Kier molecular flexibility index (Phi) is 6.20. The van der Waals surface area contributed by atoms with Crippen LogP contribution in [-0.4, -0.2) is 33.5 Å². The number of hydrogen-bond donors (Lipinski definition) is 1. The van der Waals surface area contributed by atoms with Gasteiger partial charge in [-0.05, 0) is 43.7 Å². The Bertz CT molecular complexity index is 1250. The predicted molar refractivity (Wildman–Crippen MR) is 123 cm³/mol. The van der Waals surface area contributed by atoms with E-state index in [0.717, 1.165) is 10.9 Å². The second kappa shape index (κ2) is 9.03. The van der Waals surface area contributed by atoms with Crippen LogP contribution in [0.1, 0.15) is 12.5 Å².